The Balaban J connectivity index is 4.66. The van der Waals surface area contributed by atoms with Crippen LogP contribution in [0.2, 0.25) is 0 Å². The number of aliphatic hydroxyl groups is 2. The fourth-order valence-electron chi connectivity index (χ4n) is 7.90. The minimum atomic E-state index is -4.93. The zero-order valence-corrected chi connectivity index (χ0v) is 55.2. The summed E-state index contributed by atoms with van der Waals surface area (Å²) in [4.78, 5) is 58.2. The zero-order valence-electron chi connectivity index (χ0n) is 53.4. The Kier molecular flexibility index (Phi) is 58.8. The second-order valence-corrected chi connectivity index (χ2v) is 24.1. The predicted octanol–water partition coefficient (Wildman–Crippen LogP) is 17.6. The number of hydrogen-bond donors (Lipinski definition) is 4. The van der Waals surface area contributed by atoms with Crippen LogP contribution in [0.4, 0.5) is 0 Å². The molecular formula is C69H114O16P2. The number of phosphoric ester groups is 2. The van der Waals surface area contributed by atoms with Gasteiger partial charge in [0.15, 0.2) is 6.10 Å². The number of hydrogen-bond acceptors (Lipinski definition) is 14. The molecule has 0 saturated heterocycles. The predicted molar refractivity (Wildman–Crippen MR) is 353 cm³/mol. The second-order valence-electron chi connectivity index (χ2n) is 21.1. The van der Waals surface area contributed by atoms with Crippen LogP contribution < -0.4 is 0 Å². The van der Waals surface area contributed by atoms with Gasteiger partial charge in [-0.1, -0.05) is 212 Å². The molecule has 0 aromatic heterocycles. The summed E-state index contributed by atoms with van der Waals surface area (Å²) in [5.41, 5.74) is 0. The maximum absolute atomic E-state index is 12.9. The lowest BCUT2D eigenvalue weighted by Crippen LogP contribution is -2.30. The monoisotopic (exact) mass is 1260 g/mol. The van der Waals surface area contributed by atoms with Gasteiger partial charge in [0.2, 0.25) is 0 Å². The van der Waals surface area contributed by atoms with Gasteiger partial charge >= 0.3 is 33.6 Å². The standard InChI is InChI=1S/C69H114O16P2/c1-4-7-10-13-16-19-22-24-26-28-30-31-33-35-36-38-41-43-46-49-52-55-67(72)79-58-64(70)59-81-86(75,76)82-60-65(71)61-83-87(77,78)84-63-66(85-69(74)57-54-51-48-45-40-21-18-15-12-9-6-3)62-80-68(73)56-53-50-47-44-42-39-37-34-32-29-27-25-23-20-17-14-11-8-5-2/h7-8,10-11,15-20,24-27,30-32,34-36,39,42,64-66,70-71H,4-6,9,12-14,21-23,28-29,33,37-38,40-41,43-63H2,1-3H3,(H,75,76)(H,77,78)/b10-7-,11-8-,18-15-,19-16-,20-17-,26-24-,27-25-,31-30-,34-32-,36-35-,42-39-. The van der Waals surface area contributed by atoms with Crippen molar-refractivity contribution in [2.45, 2.75) is 245 Å². The number of phosphoric acid groups is 2. The van der Waals surface area contributed by atoms with Crippen molar-refractivity contribution in [1.82, 2.24) is 0 Å². The Morgan fingerprint density at radius 2 is 0.609 bits per heavy atom. The molecule has 0 aliphatic heterocycles. The minimum Gasteiger partial charge on any atom is -0.463 e. The third-order valence-corrected chi connectivity index (χ3v) is 14.7. The van der Waals surface area contributed by atoms with Gasteiger partial charge < -0.3 is 34.2 Å². The van der Waals surface area contributed by atoms with E-state index in [9.17, 15) is 43.5 Å². The summed E-state index contributed by atoms with van der Waals surface area (Å²) in [6, 6.07) is 0. The summed E-state index contributed by atoms with van der Waals surface area (Å²) < 4.78 is 60.7. The molecule has 0 aliphatic rings. The highest BCUT2D eigenvalue weighted by Crippen LogP contribution is 2.45. The van der Waals surface area contributed by atoms with Crippen LogP contribution in [0.25, 0.3) is 0 Å². The molecule has 0 aliphatic carbocycles. The molecule has 0 spiro atoms. The summed E-state index contributed by atoms with van der Waals surface area (Å²) >= 11 is 0. The van der Waals surface area contributed by atoms with E-state index in [4.69, 9.17) is 32.3 Å². The Hall–Kier alpha value is -4.31. The van der Waals surface area contributed by atoms with Gasteiger partial charge in [-0.2, -0.15) is 0 Å². The van der Waals surface area contributed by atoms with Crippen molar-refractivity contribution in [3.63, 3.8) is 0 Å². The molecule has 0 aromatic rings. The molecule has 5 unspecified atom stereocenters. The van der Waals surface area contributed by atoms with Gasteiger partial charge in [-0.25, -0.2) is 9.13 Å². The minimum absolute atomic E-state index is 0.0819. The van der Waals surface area contributed by atoms with E-state index in [1.807, 2.05) is 0 Å². The number of rotatable bonds is 60. The highest BCUT2D eigenvalue weighted by atomic mass is 31.2. The number of unbranched alkanes of at least 4 members (excludes halogenated alkanes) is 15. The first kappa shape index (κ1) is 82.7. The molecule has 0 bridgehead atoms. The van der Waals surface area contributed by atoms with Crippen LogP contribution in [0, 0.1) is 0 Å². The van der Waals surface area contributed by atoms with Crippen LogP contribution in [0.5, 0.6) is 0 Å². The molecule has 5 atom stereocenters. The molecule has 0 aromatic carbocycles. The quantitative estimate of drug-likeness (QED) is 0.0146. The van der Waals surface area contributed by atoms with Crippen molar-refractivity contribution < 1.29 is 75.8 Å². The first-order chi connectivity index (χ1) is 42.2. The normalized spacial score (nSPS) is 15.2. The molecule has 0 saturated carbocycles. The van der Waals surface area contributed by atoms with Gasteiger partial charge in [0.25, 0.3) is 0 Å². The zero-order chi connectivity index (χ0) is 63.8. The van der Waals surface area contributed by atoms with E-state index in [1.165, 1.54) is 12.8 Å². The molecule has 0 fully saturated rings. The molecule has 0 radical (unpaired) electrons. The average molecular weight is 1260 g/mol. The fourth-order valence-corrected chi connectivity index (χ4v) is 9.48. The van der Waals surface area contributed by atoms with Crippen LogP contribution >= 0.6 is 15.6 Å². The van der Waals surface area contributed by atoms with Gasteiger partial charge in [-0.15, -0.1) is 0 Å². The van der Waals surface area contributed by atoms with E-state index >= 15 is 0 Å². The van der Waals surface area contributed by atoms with Crippen molar-refractivity contribution >= 4 is 33.6 Å². The Morgan fingerprint density at radius 3 is 0.989 bits per heavy atom. The lowest BCUT2D eigenvalue weighted by atomic mass is 10.1. The van der Waals surface area contributed by atoms with E-state index in [0.717, 1.165) is 154 Å². The van der Waals surface area contributed by atoms with Crippen molar-refractivity contribution in [2.24, 2.45) is 0 Å². The van der Waals surface area contributed by atoms with E-state index in [1.54, 1.807) is 0 Å². The van der Waals surface area contributed by atoms with Gasteiger partial charge in [0.05, 0.1) is 26.4 Å². The summed E-state index contributed by atoms with van der Waals surface area (Å²) in [5, 5.41) is 20.5. The topological polar surface area (TPSA) is 231 Å². The van der Waals surface area contributed by atoms with E-state index in [-0.39, 0.29) is 19.3 Å². The lowest BCUT2D eigenvalue weighted by molar-refractivity contribution is -0.161. The van der Waals surface area contributed by atoms with Gasteiger partial charge in [-0.05, 0) is 128 Å². The number of allylic oxidation sites excluding steroid dienone is 22. The Bertz CT molecular complexity index is 2120. The Morgan fingerprint density at radius 1 is 0.333 bits per heavy atom. The summed E-state index contributed by atoms with van der Waals surface area (Å²) in [7, 11) is -9.79. The average Bonchev–Trinajstić information content (AvgIpc) is 3.57. The molecule has 16 nitrogen and oxygen atoms in total. The third kappa shape index (κ3) is 63.1. The molecule has 0 rings (SSSR count). The molecule has 496 valence electrons. The van der Waals surface area contributed by atoms with Crippen LogP contribution in [-0.2, 0) is 55.8 Å². The number of carbonyl (C=O) groups excluding carboxylic acids is 3. The first-order valence-electron chi connectivity index (χ1n) is 32.5. The summed E-state index contributed by atoms with van der Waals surface area (Å²) in [6.45, 7) is 2.29. The third-order valence-electron chi connectivity index (χ3n) is 12.8. The molecule has 87 heavy (non-hydrogen) atoms. The molecule has 4 N–H and O–H groups in total. The van der Waals surface area contributed by atoms with Crippen LogP contribution in [-0.4, -0.2) is 95.9 Å². The molecule has 18 heteroatoms. The maximum Gasteiger partial charge on any atom is 0.472 e. The number of aliphatic hydroxyl groups excluding tert-OH is 2. The largest absolute Gasteiger partial charge is 0.472 e. The highest BCUT2D eigenvalue weighted by Gasteiger charge is 2.29. The molecule has 0 amide bonds. The number of carbonyl (C=O) groups is 3. The van der Waals surface area contributed by atoms with Gasteiger partial charge in [-0.3, -0.25) is 32.5 Å². The lowest BCUT2D eigenvalue weighted by Gasteiger charge is -2.21. The van der Waals surface area contributed by atoms with E-state index in [0.29, 0.717) is 19.3 Å². The second kappa shape index (κ2) is 61.9. The van der Waals surface area contributed by atoms with Crippen molar-refractivity contribution in [2.75, 3.05) is 39.6 Å². The van der Waals surface area contributed by atoms with Crippen molar-refractivity contribution in [3.05, 3.63) is 134 Å². The highest BCUT2D eigenvalue weighted by molar-refractivity contribution is 7.47. The van der Waals surface area contributed by atoms with Crippen LogP contribution in [0.3, 0.4) is 0 Å². The first-order valence-corrected chi connectivity index (χ1v) is 35.5. The smallest absolute Gasteiger partial charge is 0.463 e. The fraction of sp³-hybridized carbons (Fsp3) is 0.638. The van der Waals surface area contributed by atoms with Crippen LogP contribution in [0.15, 0.2) is 134 Å². The SMILES string of the molecule is CC/C=C\C/C=C\C/C=C\C/C=C\C/C=C\CCCCCCCC(=O)OCC(O)COP(=O)(O)OCC(O)COP(=O)(O)OCC(COC(=O)CCCCC/C=C\C/C=C\C/C=C\C/C=C\C/C=C\CC)OC(=O)CCCCCCC/C=C\CCCC. The number of esters is 3. The summed E-state index contributed by atoms with van der Waals surface area (Å²) in [6.07, 6.45) is 70.9. The van der Waals surface area contributed by atoms with Crippen LogP contribution in [0.1, 0.15) is 226 Å². The van der Waals surface area contributed by atoms with E-state index < -0.39 is 91.5 Å². The molecule has 0 heterocycles. The number of ether oxygens (including phenoxy) is 3. The van der Waals surface area contributed by atoms with Gasteiger partial charge in [0, 0.05) is 19.3 Å². The summed E-state index contributed by atoms with van der Waals surface area (Å²) in [5.74, 6) is -1.65. The van der Waals surface area contributed by atoms with Crippen molar-refractivity contribution in [3.8, 4) is 0 Å². The Labute approximate surface area is 525 Å². The van der Waals surface area contributed by atoms with Gasteiger partial charge in [0.1, 0.15) is 25.4 Å². The maximum atomic E-state index is 12.9. The molecular weight excluding hydrogens is 1150 g/mol. The van der Waals surface area contributed by atoms with Crippen molar-refractivity contribution in [1.29, 1.82) is 0 Å². The van der Waals surface area contributed by atoms with E-state index in [2.05, 4.69) is 154 Å².